The Labute approximate surface area is 242 Å². The van der Waals surface area contributed by atoms with Crippen LogP contribution < -0.4 is 10.5 Å². The summed E-state index contributed by atoms with van der Waals surface area (Å²) in [5.74, 6) is 5.64. The van der Waals surface area contributed by atoms with Crippen molar-refractivity contribution in [3.63, 3.8) is 0 Å². The highest BCUT2D eigenvalue weighted by molar-refractivity contribution is 6.76. The highest BCUT2D eigenvalue weighted by Crippen LogP contribution is 2.31. The first kappa shape index (κ1) is 30.0. The fourth-order valence-corrected chi connectivity index (χ4v) is 5.48. The largest absolute Gasteiger partial charge is 0.494 e. The molecule has 2 aromatic carbocycles. The number of unbranched alkanes of at least 4 members (excludes halogenated alkanes) is 1. The second kappa shape index (κ2) is 13.1. The van der Waals surface area contributed by atoms with E-state index < -0.39 is 20.0 Å². The van der Waals surface area contributed by atoms with Gasteiger partial charge in [0, 0.05) is 50.8 Å². The Morgan fingerprint density at radius 3 is 2.54 bits per heavy atom. The number of nitrogens with zero attached hydrogens (tertiary/aromatic N) is 2. The maximum atomic E-state index is 13.3. The number of piperidine rings is 1. The summed E-state index contributed by atoms with van der Waals surface area (Å²) in [6.45, 7) is 7.88. The molecule has 0 radical (unpaired) electrons. The van der Waals surface area contributed by atoms with Crippen molar-refractivity contribution >= 4 is 31.7 Å². The zero-order chi connectivity index (χ0) is 29.6. The van der Waals surface area contributed by atoms with E-state index in [0.717, 1.165) is 22.1 Å². The summed E-state index contributed by atoms with van der Waals surface area (Å²) in [5.41, 5.74) is 7.78. The number of amides is 4. The molecule has 2 aliphatic heterocycles. The highest BCUT2D eigenvalue weighted by atomic mass is 28.3. The van der Waals surface area contributed by atoms with Crippen LogP contribution in [0.15, 0.2) is 42.5 Å². The Morgan fingerprint density at radius 2 is 1.83 bits per heavy atom. The third kappa shape index (κ3) is 7.63. The first-order valence-corrected chi connectivity index (χ1v) is 17.6. The van der Waals surface area contributed by atoms with Crippen molar-refractivity contribution in [1.29, 1.82) is 0 Å². The molecule has 0 saturated carbocycles. The van der Waals surface area contributed by atoms with Crippen LogP contribution in [0.1, 0.15) is 57.5 Å². The number of carbonyl (C=O) groups is 4. The first-order valence-electron chi connectivity index (χ1n) is 13.9. The van der Waals surface area contributed by atoms with E-state index in [0.29, 0.717) is 49.4 Å². The molecule has 2 N–H and O–H groups in total. The number of likely N-dealkylation sites (tertiary alicyclic amines) is 1. The average molecular weight is 576 g/mol. The Kier molecular flexibility index (Phi) is 9.63. The van der Waals surface area contributed by atoms with Gasteiger partial charge in [-0.25, -0.2) is 0 Å². The van der Waals surface area contributed by atoms with Crippen molar-refractivity contribution in [3.05, 3.63) is 64.7 Å². The minimum absolute atomic E-state index is 0.0766. The zero-order valence-electron chi connectivity index (χ0n) is 23.9. The second-order valence-electron chi connectivity index (χ2n) is 11.5. The van der Waals surface area contributed by atoms with Crippen molar-refractivity contribution in [2.75, 3.05) is 19.9 Å². The highest BCUT2D eigenvalue weighted by Gasteiger charge is 2.43. The second-order valence-corrected chi connectivity index (χ2v) is 17.1. The molecule has 1 saturated heterocycles. The number of primary amides is 1. The Balaban J connectivity index is 1.33. The zero-order valence-corrected chi connectivity index (χ0v) is 24.9. The predicted molar refractivity (Wildman–Crippen MR) is 157 cm³/mol. The molecule has 4 amide bonds. The fraction of sp³-hybridized carbons (Fsp3) is 0.419. The van der Waals surface area contributed by atoms with Crippen molar-refractivity contribution in [2.24, 2.45) is 5.73 Å². The first-order chi connectivity index (χ1) is 19.5. The molecule has 1 atom stereocenters. The molecule has 1 fully saturated rings. The number of hydrogen-bond donors (Lipinski definition) is 1. The van der Waals surface area contributed by atoms with E-state index in [4.69, 9.17) is 15.2 Å². The molecule has 2 aromatic rings. The summed E-state index contributed by atoms with van der Waals surface area (Å²) < 4.78 is 11.4. The number of rotatable bonds is 11. The van der Waals surface area contributed by atoms with Crippen molar-refractivity contribution in [1.82, 2.24) is 9.80 Å². The van der Waals surface area contributed by atoms with Gasteiger partial charge >= 0.3 is 0 Å². The van der Waals surface area contributed by atoms with Gasteiger partial charge in [0.1, 0.15) is 18.5 Å². The van der Waals surface area contributed by atoms with Crippen molar-refractivity contribution < 1.29 is 28.7 Å². The molecular formula is C31H37N3O6Si. The molecule has 41 heavy (non-hydrogen) atoms. The molecule has 1 unspecified atom stereocenters. The van der Waals surface area contributed by atoms with Crippen molar-refractivity contribution in [3.8, 4) is 17.6 Å². The third-order valence-corrected chi connectivity index (χ3v) is 8.85. The van der Waals surface area contributed by atoms with Gasteiger partial charge in [0.15, 0.2) is 0 Å². The minimum Gasteiger partial charge on any atom is -0.494 e. The van der Waals surface area contributed by atoms with E-state index in [9.17, 15) is 19.2 Å². The summed E-state index contributed by atoms with van der Waals surface area (Å²) in [7, 11) is -1.30. The van der Waals surface area contributed by atoms with Crippen LogP contribution >= 0.6 is 0 Å². The van der Waals surface area contributed by atoms with E-state index in [1.165, 1.54) is 0 Å². The molecule has 0 spiro atoms. The topological polar surface area (TPSA) is 119 Å². The van der Waals surface area contributed by atoms with E-state index >= 15 is 0 Å². The maximum Gasteiger partial charge on any atom is 0.255 e. The van der Waals surface area contributed by atoms with Crippen LogP contribution in [0.25, 0.3) is 0 Å². The average Bonchev–Trinajstić information content (AvgIpc) is 3.26. The van der Waals surface area contributed by atoms with Crippen LogP contribution in [0.4, 0.5) is 0 Å². The number of imide groups is 1. The van der Waals surface area contributed by atoms with Crippen LogP contribution in [-0.4, -0.2) is 67.5 Å². The number of carbonyl (C=O) groups excluding carboxylic acids is 4. The molecule has 0 bridgehead atoms. The van der Waals surface area contributed by atoms with Crippen LogP contribution in [0.3, 0.4) is 0 Å². The summed E-state index contributed by atoms with van der Waals surface area (Å²) >= 11 is 0. The lowest BCUT2D eigenvalue weighted by Crippen LogP contribution is -2.55. The molecule has 0 aliphatic carbocycles. The molecule has 216 valence electrons. The van der Waals surface area contributed by atoms with Gasteiger partial charge in [-0.1, -0.05) is 37.5 Å². The summed E-state index contributed by atoms with van der Waals surface area (Å²) in [6, 6.07) is 12.3. The minimum atomic E-state index is -1.30. The van der Waals surface area contributed by atoms with Crippen LogP contribution in [0.5, 0.6) is 5.75 Å². The number of benzene rings is 2. The van der Waals surface area contributed by atoms with Gasteiger partial charge in [-0.3, -0.25) is 24.1 Å². The molecule has 2 aliphatic rings. The normalized spacial score (nSPS) is 16.9. The van der Waals surface area contributed by atoms with E-state index in [2.05, 4.69) is 31.5 Å². The number of nitrogens with two attached hydrogens (primary N) is 1. The van der Waals surface area contributed by atoms with Gasteiger partial charge in [0.25, 0.3) is 11.8 Å². The van der Waals surface area contributed by atoms with Crippen LogP contribution in [0, 0.1) is 11.8 Å². The fourth-order valence-electron chi connectivity index (χ4n) is 4.73. The molecule has 10 heteroatoms. The Bertz CT molecular complexity index is 1370. The molecule has 0 aromatic heterocycles. The number of hydrogen-bond acceptors (Lipinski definition) is 6. The summed E-state index contributed by atoms with van der Waals surface area (Å²) in [5, 5.41) is 0. The molecular weight excluding hydrogens is 538 g/mol. The monoisotopic (exact) mass is 575 g/mol. The maximum absolute atomic E-state index is 13.3. The standard InChI is InChI=1S/C31H37N3O6Si/c1-41(2,3)19-18-39-21-34-28(35)16-15-27(31(34)38)33-20-26-22(9-7-10-25(26)30(33)37)8-5-4-6-17-40-24-13-11-23(12-14-24)29(32)36/h7,9-14,27H,4,6,15-21H2,1-3H3,(H2,32,36). The van der Waals surface area contributed by atoms with Gasteiger partial charge in [-0.2, -0.15) is 0 Å². The number of ether oxygens (including phenoxy) is 2. The van der Waals surface area contributed by atoms with E-state index in [1.807, 2.05) is 6.07 Å². The molecule has 9 nitrogen and oxygen atoms in total. The lowest BCUT2D eigenvalue weighted by atomic mass is 10.0. The summed E-state index contributed by atoms with van der Waals surface area (Å²) in [4.78, 5) is 53.0. The smallest absolute Gasteiger partial charge is 0.255 e. The van der Waals surface area contributed by atoms with Crippen molar-refractivity contribution in [2.45, 2.75) is 64.0 Å². The lowest BCUT2D eigenvalue weighted by Gasteiger charge is -2.35. The van der Waals surface area contributed by atoms with Gasteiger partial charge in [-0.05, 0) is 60.8 Å². The van der Waals surface area contributed by atoms with Crippen LogP contribution in [0.2, 0.25) is 25.7 Å². The van der Waals surface area contributed by atoms with Gasteiger partial charge in [-0.15, -0.1) is 0 Å². The van der Waals surface area contributed by atoms with Gasteiger partial charge in [0.2, 0.25) is 11.8 Å². The molecule has 4 rings (SSSR count). The third-order valence-electron chi connectivity index (χ3n) is 7.15. The van der Waals surface area contributed by atoms with Gasteiger partial charge < -0.3 is 20.1 Å². The van der Waals surface area contributed by atoms with E-state index in [1.54, 1.807) is 41.3 Å². The number of fused-ring (bicyclic) bond motifs is 1. The van der Waals surface area contributed by atoms with E-state index in [-0.39, 0.29) is 37.4 Å². The Morgan fingerprint density at radius 1 is 1.07 bits per heavy atom. The lowest BCUT2D eigenvalue weighted by molar-refractivity contribution is -0.158. The summed E-state index contributed by atoms with van der Waals surface area (Å²) in [6.07, 6.45) is 1.79. The van der Waals surface area contributed by atoms with Gasteiger partial charge in [0.05, 0.1) is 6.61 Å². The quantitative estimate of drug-likeness (QED) is 0.189. The van der Waals surface area contributed by atoms with Crippen LogP contribution in [-0.2, 0) is 20.9 Å². The SMILES string of the molecule is C[Si](C)(C)CCOCN1C(=O)CCC(N2Cc3c(C#CCCCOc4ccc(C(N)=O)cc4)cccc3C2=O)C1=O. The predicted octanol–water partition coefficient (Wildman–Crippen LogP) is 3.78. The molecule has 2 heterocycles. The Hall–Kier alpha value is -3.94.